The highest BCUT2D eigenvalue weighted by molar-refractivity contribution is 7.20. The van der Waals surface area contributed by atoms with Gasteiger partial charge in [-0.1, -0.05) is 25.4 Å². The monoisotopic (exact) mass is 407 g/mol. The second-order valence-electron chi connectivity index (χ2n) is 6.98. The van der Waals surface area contributed by atoms with Crippen molar-refractivity contribution in [3.63, 3.8) is 0 Å². The van der Waals surface area contributed by atoms with Gasteiger partial charge in [-0.25, -0.2) is 9.38 Å². The first-order valence-electron chi connectivity index (χ1n) is 8.48. The van der Waals surface area contributed by atoms with Crippen LogP contribution in [0.15, 0.2) is 28.5 Å². The largest absolute Gasteiger partial charge is 0.338 e. The quantitative estimate of drug-likeness (QED) is 0.637. The first-order valence-corrected chi connectivity index (χ1v) is 10.6. The van der Waals surface area contributed by atoms with Crippen molar-refractivity contribution in [1.82, 2.24) is 14.3 Å². The van der Waals surface area contributed by atoms with Crippen molar-refractivity contribution >= 4 is 45.1 Å². The number of nitrogens with zero attached hydrogens (tertiary/aromatic N) is 3. The third-order valence-corrected chi connectivity index (χ3v) is 6.75. The highest BCUT2D eigenvalue weighted by atomic mass is 35.5. The molecule has 5 nitrogen and oxygen atoms in total. The first kappa shape index (κ1) is 17.7. The number of amides is 1. The molecule has 2 atom stereocenters. The molecule has 8 heteroatoms. The average Bonchev–Trinajstić information content (AvgIpc) is 3.20. The third-order valence-electron chi connectivity index (χ3n) is 4.66. The van der Waals surface area contributed by atoms with Crippen LogP contribution in [0.4, 0.5) is 0 Å². The second kappa shape index (κ2) is 6.79. The molecule has 4 heterocycles. The van der Waals surface area contributed by atoms with Crippen LogP contribution < -0.4 is 5.56 Å². The summed E-state index contributed by atoms with van der Waals surface area (Å²) in [6.45, 7) is 5.65. The predicted octanol–water partition coefficient (Wildman–Crippen LogP) is 4.26. The molecule has 0 radical (unpaired) electrons. The molecule has 1 aliphatic heterocycles. The van der Waals surface area contributed by atoms with Crippen LogP contribution in [0.3, 0.4) is 0 Å². The smallest absolute Gasteiger partial charge is 0.271 e. The van der Waals surface area contributed by atoms with Gasteiger partial charge in [-0.2, -0.15) is 0 Å². The van der Waals surface area contributed by atoms with E-state index < -0.39 is 0 Å². The zero-order valence-corrected chi connectivity index (χ0v) is 16.8. The van der Waals surface area contributed by atoms with Crippen LogP contribution in [0.1, 0.15) is 30.6 Å². The predicted molar refractivity (Wildman–Crippen MR) is 107 cm³/mol. The maximum atomic E-state index is 13.1. The zero-order chi connectivity index (χ0) is 18.4. The number of carbonyl (C=O) groups excluding carboxylic acids is 1. The Morgan fingerprint density at radius 2 is 2.00 bits per heavy atom. The van der Waals surface area contributed by atoms with Gasteiger partial charge in [0.25, 0.3) is 11.5 Å². The topological polar surface area (TPSA) is 54.7 Å². The van der Waals surface area contributed by atoms with Gasteiger partial charge >= 0.3 is 0 Å². The van der Waals surface area contributed by atoms with Crippen LogP contribution in [0.5, 0.6) is 0 Å². The number of piperidine rings is 1. The number of hydrogen-bond acceptors (Lipinski definition) is 5. The summed E-state index contributed by atoms with van der Waals surface area (Å²) < 4.78 is 2.18. The lowest BCUT2D eigenvalue weighted by Gasteiger charge is -2.34. The van der Waals surface area contributed by atoms with Crippen molar-refractivity contribution in [1.29, 1.82) is 0 Å². The molecule has 3 aromatic heterocycles. The SMILES string of the molecule is CC1CC(C)CN(C(=O)c2cnc3scc(-c4ccc(Cl)s4)n3c2=O)C1. The van der Waals surface area contributed by atoms with E-state index >= 15 is 0 Å². The number of hydrogen-bond donors (Lipinski definition) is 0. The molecule has 1 amide bonds. The summed E-state index contributed by atoms with van der Waals surface area (Å²) in [5.41, 5.74) is 0.548. The molecule has 0 bridgehead atoms. The van der Waals surface area contributed by atoms with Crippen molar-refractivity contribution in [3.05, 3.63) is 44.0 Å². The van der Waals surface area contributed by atoms with Gasteiger partial charge in [0.1, 0.15) is 5.56 Å². The highest BCUT2D eigenvalue weighted by Crippen LogP contribution is 2.32. The van der Waals surface area contributed by atoms with Crippen molar-refractivity contribution in [3.8, 4) is 10.6 Å². The van der Waals surface area contributed by atoms with Crippen molar-refractivity contribution in [2.75, 3.05) is 13.1 Å². The zero-order valence-electron chi connectivity index (χ0n) is 14.4. The molecule has 0 aliphatic carbocycles. The van der Waals surface area contributed by atoms with Crippen LogP contribution in [0, 0.1) is 11.8 Å². The minimum Gasteiger partial charge on any atom is -0.338 e. The number of thiophene rings is 1. The molecule has 1 aliphatic rings. The lowest BCUT2D eigenvalue weighted by atomic mass is 9.91. The van der Waals surface area contributed by atoms with Crippen molar-refractivity contribution < 1.29 is 4.79 Å². The number of aromatic nitrogens is 2. The van der Waals surface area contributed by atoms with Gasteiger partial charge in [-0.15, -0.1) is 22.7 Å². The Balaban J connectivity index is 1.78. The summed E-state index contributed by atoms with van der Waals surface area (Å²) in [6.07, 6.45) is 2.53. The van der Waals surface area contributed by atoms with E-state index in [0.29, 0.717) is 34.2 Å². The number of likely N-dealkylation sites (tertiary alicyclic amines) is 1. The van der Waals surface area contributed by atoms with E-state index in [1.54, 1.807) is 11.0 Å². The number of carbonyl (C=O) groups is 1. The normalized spacial score (nSPS) is 20.7. The summed E-state index contributed by atoms with van der Waals surface area (Å²) >= 11 is 8.82. The van der Waals surface area contributed by atoms with Crippen LogP contribution in [-0.2, 0) is 0 Å². The molecule has 2 unspecified atom stereocenters. The molecule has 26 heavy (non-hydrogen) atoms. The lowest BCUT2D eigenvalue weighted by molar-refractivity contribution is 0.0620. The van der Waals surface area contributed by atoms with Gasteiger partial charge < -0.3 is 4.90 Å². The molecule has 0 saturated carbocycles. The molecule has 0 spiro atoms. The standard InChI is InChI=1S/C18H18ClN3O2S2/c1-10-5-11(2)8-21(7-10)16(23)12-6-20-18-22(17(12)24)13(9-25-18)14-3-4-15(19)26-14/h3-4,6,9-11H,5,7-8H2,1-2H3. The fourth-order valence-corrected chi connectivity index (χ4v) is 5.64. The second-order valence-corrected chi connectivity index (χ2v) is 9.53. The summed E-state index contributed by atoms with van der Waals surface area (Å²) in [5, 5.41) is 1.88. The molecule has 4 rings (SSSR count). The van der Waals surface area contributed by atoms with Crippen molar-refractivity contribution in [2.24, 2.45) is 11.8 Å². The summed E-state index contributed by atoms with van der Waals surface area (Å²) in [7, 11) is 0. The Morgan fingerprint density at radius 3 is 2.65 bits per heavy atom. The van der Waals surface area contributed by atoms with Gasteiger partial charge in [0.15, 0.2) is 4.96 Å². The van der Waals surface area contributed by atoms with E-state index in [4.69, 9.17) is 11.6 Å². The third kappa shape index (κ3) is 3.08. The Kier molecular flexibility index (Phi) is 4.62. The molecular weight excluding hydrogens is 390 g/mol. The maximum Gasteiger partial charge on any atom is 0.271 e. The van der Waals surface area contributed by atoms with Gasteiger partial charge in [0.05, 0.1) is 14.9 Å². The fraction of sp³-hybridized carbons (Fsp3) is 0.389. The van der Waals surface area contributed by atoms with Crippen molar-refractivity contribution in [2.45, 2.75) is 20.3 Å². The minimum atomic E-state index is -0.313. The number of thiazole rings is 1. The molecule has 0 aromatic carbocycles. The number of halogens is 1. The Labute approximate surface area is 163 Å². The van der Waals surface area contributed by atoms with E-state index in [1.807, 2.05) is 11.4 Å². The molecular formula is C18H18ClN3O2S2. The molecule has 0 N–H and O–H groups in total. The number of fused-ring (bicyclic) bond motifs is 1. The molecule has 136 valence electrons. The highest BCUT2D eigenvalue weighted by Gasteiger charge is 2.28. The summed E-state index contributed by atoms with van der Waals surface area (Å²) in [4.78, 5) is 33.7. The molecule has 3 aromatic rings. The summed E-state index contributed by atoms with van der Waals surface area (Å²) in [6, 6.07) is 3.68. The van der Waals surface area contributed by atoms with Crippen LogP contribution >= 0.6 is 34.3 Å². The van der Waals surface area contributed by atoms with E-state index in [9.17, 15) is 9.59 Å². The van der Waals surface area contributed by atoms with Crippen LogP contribution in [0.2, 0.25) is 4.34 Å². The van der Waals surface area contributed by atoms with E-state index in [-0.39, 0.29) is 17.0 Å². The van der Waals surface area contributed by atoms with Gasteiger partial charge in [-0.05, 0) is 30.4 Å². The van der Waals surface area contributed by atoms with Crippen LogP contribution in [-0.4, -0.2) is 33.3 Å². The molecule has 1 saturated heterocycles. The Hall–Kier alpha value is -1.70. The Bertz CT molecular complexity index is 1030. The van der Waals surface area contributed by atoms with Gasteiger partial charge in [-0.3, -0.25) is 9.59 Å². The number of rotatable bonds is 2. The average molecular weight is 408 g/mol. The van der Waals surface area contributed by atoms with E-state index in [1.165, 1.54) is 33.3 Å². The Morgan fingerprint density at radius 1 is 1.27 bits per heavy atom. The lowest BCUT2D eigenvalue weighted by Crippen LogP contribution is -2.44. The summed E-state index contributed by atoms with van der Waals surface area (Å²) in [5.74, 6) is 0.649. The first-order chi connectivity index (χ1) is 12.4. The van der Waals surface area contributed by atoms with Gasteiger partial charge in [0, 0.05) is 24.7 Å². The maximum absolute atomic E-state index is 13.1. The van der Waals surface area contributed by atoms with Crippen LogP contribution in [0.25, 0.3) is 15.5 Å². The van der Waals surface area contributed by atoms with E-state index in [2.05, 4.69) is 18.8 Å². The van der Waals surface area contributed by atoms with Gasteiger partial charge in [0.2, 0.25) is 0 Å². The molecule has 1 fully saturated rings. The minimum absolute atomic E-state index is 0.131. The fourth-order valence-electron chi connectivity index (χ4n) is 3.66. The van der Waals surface area contributed by atoms with E-state index in [0.717, 1.165) is 17.0 Å².